The van der Waals surface area contributed by atoms with E-state index < -0.39 is 5.60 Å². The number of fused-ring (bicyclic) bond motifs is 2. The number of aliphatic imine (C=N–C) groups is 1. The fraction of sp³-hybridized carbons (Fsp3) is 0.762. The molecule has 0 radical (unpaired) electrons. The van der Waals surface area contributed by atoms with Gasteiger partial charge in [-0.1, -0.05) is 6.92 Å². The number of amides is 1. The summed E-state index contributed by atoms with van der Waals surface area (Å²) in [5.41, 5.74) is -0.454. The Morgan fingerprint density at radius 1 is 1.31 bits per heavy atom. The highest BCUT2D eigenvalue weighted by Crippen LogP contribution is 2.36. The molecule has 2 saturated heterocycles. The monoisotopic (exact) mass is 421 g/mol. The van der Waals surface area contributed by atoms with Crippen LogP contribution in [0.25, 0.3) is 0 Å². The largest absolute Gasteiger partial charge is 0.444 e. The second-order valence-corrected chi connectivity index (χ2v) is 10.1. The Balaban J connectivity index is 1.59. The van der Waals surface area contributed by atoms with Crippen molar-refractivity contribution in [2.45, 2.75) is 97.0 Å². The van der Waals surface area contributed by atoms with Crippen LogP contribution in [0.15, 0.2) is 11.2 Å². The average molecular weight is 422 g/mol. The van der Waals surface area contributed by atoms with Crippen LogP contribution in [0.5, 0.6) is 0 Å². The van der Waals surface area contributed by atoms with Gasteiger partial charge in [0.25, 0.3) is 0 Å². The van der Waals surface area contributed by atoms with Crippen LogP contribution in [-0.4, -0.2) is 52.2 Å². The third-order valence-corrected chi connectivity index (χ3v) is 6.47. The molecule has 3 rings (SSSR count). The van der Waals surface area contributed by atoms with Crippen LogP contribution in [0.3, 0.4) is 0 Å². The number of aromatic nitrogens is 1. The fourth-order valence-electron chi connectivity index (χ4n) is 4.15. The molecule has 1 aromatic heterocycles. The normalized spacial score (nSPS) is 24.5. The Morgan fingerprint density at radius 3 is 2.55 bits per heavy atom. The van der Waals surface area contributed by atoms with Crippen molar-refractivity contribution in [3.8, 4) is 0 Å². The fourth-order valence-corrected chi connectivity index (χ4v) is 4.94. The van der Waals surface area contributed by atoms with Crippen molar-refractivity contribution in [1.82, 2.24) is 20.5 Å². The van der Waals surface area contributed by atoms with Gasteiger partial charge in [-0.3, -0.25) is 0 Å². The van der Waals surface area contributed by atoms with Gasteiger partial charge in [0.05, 0.1) is 6.54 Å². The van der Waals surface area contributed by atoms with Gasteiger partial charge in [0.15, 0.2) is 5.96 Å². The summed E-state index contributed by atoms with van der Waals surface area (Å²) in [5.74, 6) is 0.830. The molecule has 0 aromatic carbocycles. The molecule has 2 bridgehead atoms. The Kier molecular flexibility index (Phi) is 7.03. The molecular weight excluding hydrogens is 386 g/mol. The summed E-state index contributed by atoms with van der Waals surface area (Å²) in [5, 5.41) is 7.98. The van der Waals surface area contributed by atoms with Crippen molar-refractivity contribution in [1.29, 1.82) is 0 Å². The highest BCUT2D eigenvalue weighted by molar-refractivity contribution is 7.11. The molecule has 2 atom stereocenters. The third kappa shape index (κ3) is 5.84. The lowest BCUT2D eigenvalue weighted by molar-refractivity contribution is 0.00545. The molecule has 2 aliphatic heterocycles. The zero-order valence-corrected chi connectivity index (χ0v) is 19.1. The molecule has 1 aromatic rings. The minimum atomic E-state index is -0.454. The summed E-state index contributed by atoms with van der Waals surface area (Å²) < 4.78 is 5.64. The number of hydrogen-bond acceptors (Lipinski definition) is 5. The maximum atomic E-state index is 12.6. The first-order chi connectivity index (χ1) is 13.8. The van der Waals surface area contributed by atoms with Gasteiger partial charge in [0.2, 0.25) is 0 Å². The summed E-state index contributed by atoms with van der Waals surface area (Å²) in [4.78, 5) is 25.1. The van der Waals surface area contributed by atoms with Crippen molar-refractivity contribution < 1.29 is 9.53 Å². The topological polar surface area (TPSA) is 78.9 Å². The van der Waals surface area contributed by atoms with E-state index in [1.165, 1.54) is 4.88 Å². The number of aryl methyl sites for hydroxylation is 1. The van der Waals surface area contributed by atoms with Gasteiger partial charge in [0, 0.05) is 35.7 Å². The molecule has 2 unspecified atom stereocenters. The highest BCUT2D eigenvalue weighted by atomic mass is 32.1. The Labute approximate surface area is 178 Å². The maximum absolute atomic E-state index is 12.6. The Morgan fingerprint density at radius 2 is 2.00 bits per heavy atom. The number of guanidine groups is 1. The molecule has 7 nitrogen and oxygen atoms in total. The number of nitrogens with one attached hydrogen (secondary N) is 2. The lowest BCUT2D eigenvalue weighted by atomic mass is 9.98. The molecule has 0 saturated carbocycles. The van der Waals surface area contributed by atoms with Crippen molar-refractivity contribution >= 4 is 23.4 Å². The third-order valence-electron chi connectivity index (χ3n) is 5.34. The number of hydrogen-bond donors (Lipinski definition) is 2. The van der Waals surface area contributed by atoms with E-state index in [4.69, 9.17) is 9.73 Å². The van der Waals surface area contributed by atoms with Gasteiger partial charge in [-0.15, -0.1) is 11.3 Å². The highest BCUT2D eigenvalue weighted by Gasteiger charge is 2.45. The van der Waals surface area contributed by atoms with E-state index in [0.29, 0.717) is 12.6 Å². The molecule has 2 fully saturated rings. The molecule has 2 N–H and O–H groups in total. The average Bonchev–Trinajstić information content (AvgIpc) is 3.21. The summed E-state index contributed by atoms with van der Waals surface area (Å²) in [6.45, 7) is 11.4. The minimum Gasteiger partial charge on any atom is -0.444 e. The number of rotatable bonds is 5. The molecule has 2 aliphatic rings. The first kappa shape index (κ1) is 21.9. The number of carbonyl (C=O) groups excluding carboxylic acids is 1. The van der Waals surface area contributed by atoms with Gasteiger partial charge in [0.1, 0.15) is 10.6 Å². The number of piperidine rings is 1. The zero-order valence-electron chi connectivity index (χ0n) is 18.3. The van der Waals surface area contributed by atoms with E-state index in [0.717, 1.165) is 49.6 Å². The molecule has 29 heavy (non-hydrogen) atoms. The zero-order chi connectivity index (χ0) is 21.0. The van der Waals surface area contributed by atoms with Crippen LogP contribution in [0.4, 0.5) is 4.79 Å². The smallest absolute Gasteiger partial charge is 0.410 e. The number of nitrogens with zero attached hydrogens (tertiary/aromatic N) is 3. The van der Waals surface area contributed by atoms with Gasteiger partial charge < -0.3 is 20.3 Å². The van der Waals surface area contributed by atoms with E-state index in [1.807, 2.05) is 31.9 Å². The molecule has 8 heteroatoms. The van der Waals surface area contributed by atoms with E-state index in [9.17, 15) is 4.79 Å². The molecule has 162 valence electrons. The molecule has 1 amide bonds. The lowest BCUT2D eigenvalue weighted by Crippen LogP contribution is -2.55. The molecule has 0 aliphatic carbocycles. The van der Waals surface area contributed by atoms with Crippen LogP contribution in [0.2, 0.25) is 0 Å². The summed E-state index contributed by atoms with van der Waals surface area (Å²) in [7, 11) is 0. The maximum Gasteiger partial charge on any atom is 0.410 e. The van der Waals surface area contributed by atoms with E-state index in [2.05, 4.69) is 29.5 Å². The summed E-state index contributed by atoms with van der Waals surface area (Å²) >= 11 is 1.73. The predicted molar refractivity (Wildman–Crippen MR) is 117 cm³/mol. The van der Waals surface area contributed by atoms with Crippen LogP contribution in [-0.2, 0) is 17.7 Å². The van der Waals surface area contributed by atoms with E-state index in [-0.39, 0.29) is 18.2 Å². The minimum absolute atomic E-state index is 0.167. The standard InChI is InChI=1S/C21H35N5O2S/c1-6-17-12-23-18(29-17)13-24-19(22-7-2)25-14-10-15-8-9-16(11-14)26(15)20(27)28-21(3,4)5/h12,14-16H,6-11,13H2,1-5H3,(H2,22,24,25). The van der Waals surface area contributed by atoms with Gasteiger partial charge in [-0.25, -0.2) is 14.8 Å². The number of carbonyl (C=O) groups is 1. The second-order valence-electron chi connectivity index (χ2n) is 8.85. The second kappa shape index (κ2) is 9.32. The SMILES string of the molecule is CCNC(=NCc1ncc(CC)s1)NC1CC2CCC(C1)N2C(=O)OC(C)(C)C. The Bertz CT molecular complexity index is 713. The molecular formula is C21H35N5O2S. The van der Waals surface area contributed by atoms with Crippen molar-refractivity contribution in [2.75, 3.05) is 6.54 Å². The quantitative estimate of drug-likeness (QED) is 0.560. The number of ether oxygens (including phenoxy) is 1. The first-order valence-electron chi connectivity index (χ1n) is 10.8. The molecule has 0 spiro atoms. The van der Waals surface area contributed by atoms with Crippen LogP contribution >= 0.6 is 11.3 Å². The van der Waals surface area contributed by atoms with Crippen molar-refractivity contribution in [3.05, 3.63) is 16.1 Å². The summed E-state index contributed by atoms with van der Waals surface area (Å²) in [6.07, 6.45) is 6.75. The van der Waals surface area contributed by atoms with Gasteiger partial charge >= 0.3 is 6.09 Å². The first-order valence-corrected chi connectivity index (χ1v) is 11.6. The number of thiazole rings is 1. The van der Waals surface area contributed by atoms with Crippen molar-refractivity contribution in [2.24, 2.45) is 4.99 Å². The van der Waals surface area contributed by atoms with Gasteiger partial charge in [-0.05, 0) is 59.8 Å². The summed E-state index contributed by atoms with van der Waals surface area (Å²) in [6, 6.07) is 0.802. The van der Waals surface area contributed by atoms with Crippen LogP contribution < -0.4 is 10.6 Å². The van der Waals surface area contributed by atoms with Gasteiger partial charge in [-0.2, -0.15) is 0 Å². The van der Waals surface area contributed by atoms with Crippen LogP contribution in [0, 0.1) is 0 Å². The van der Waals surface area contributed by atoms with Crippen LogP contribution in [0.1, 0.15) is 70.2 Å². The molecule has 3 heterocycles. The predicted octanol–water partition coefficient (Wildman–Crippen LogP) is 3.69. The lowest BCUT2D eigenvalue weighted by Gasteiger charge is -2.40. The Hall–Kier alpha value is -1.83. The van der Waals surface area contributed by atoms with E-state index >= 15 is 0 Å². The van der Waals surface area contributed by atoms with E-state index in [1.54, 1.807) is 11.3 Å². The van der Waals surface area contributed by atoms with Crippen molar-refractivity contribution in [3.63, 3.8) is 0 Å².